The van der Waals surface area contributed by atoms with Gasteiger partial charge >= 0.3 is 0 Å². The number of carbonyl (C=O) groups is 1. The summed E-state index contributed by atoms with van der Waals surface area (Å²) < 4.78 is 34.1. The van der Waals surface area contributed by atoms with Crippen LogP contribution in [-0.2, 0) is 14.8 Å². The standard InChI is InChI=1S/C19H25ClN4O4S/c1-13(2)23-11-18(21-12-23)29(26,27)24-8-4-5-14(10-24)19(25)22-15-6-7-17(28-3)16(20)9-15/h6-7,9,11-14H,4-5,8,10H2,1-3H3,(H,22,25)/t14-/m1/s1. The van der Waals surface area contributed by atoms with E-state index in [4.69, 9.17) is 16.3 Å². The van der Waals surface area contributed by atoms with Crippen LogP contribution in [0, 0.1) is 5.92 Å². The van der Waals surface area contributed by atoms with Crippen molar-refractivity contribution in [3.8, 4) is 5.75 Å². The highest BCUT2D eigenvalue weighted by Crippen LogP contribution is 2.29. The Morgan fingerprint density at radius 3 is 2.76 bits per heavy atom. The second-order valence-corrected chi connectivity index (χ2v) is 9.59. The highest BCUT2D eigenvalue weighted by Gasteiger charge is 2.34. The minimum atomic E-state index is -3.75. The maximum atomic E-state index is 13.0. The summed E-state index contributed by atoms with van der Waals surface area (Å²) in [5.74, 6) is -0.175. The molecule has 0 unspecified atom stereocenters. The monoisotopic (exact) mass is 440 g/mol. The molecule has 3 rings (SSSR count). The molecular weight excluding hydrogens is 416 g/mol. The molecule has 1 amide bonds. The molecule has 1 aromatic heterocycles. The maximum Gasteiger partial charge on any atom is 0.262 e. The van der Waals surface area contributed by atoms with E-state index in [0.29, 0.717) is 35.8 Å². The number of hydrogen-bond acceptors (Lipinski definition) is 5. The van der Waals surface area contributed by atoms with Gasteiger partial charge in [-0.25, -0.2) is 13.4 Å². The molecule has 158 valence electrons. The van der Waals surface area contributed by atoms with Crippen molar-refractivity contribution in [1.82, 2.24) is 13.9 Å². The number of hydrogen-bond donors (Lipinski definition) is 1. The van der Waals surface area contributed by atoms with E-state index in [2.05, 4.69) is 10.3 Å². The number of piperidine rings is 1. The fraction of sp³-hybridized carbons (Fsp3) is 0.474. The first-order chi connectivity index (χ1) is 13.7. The van der Waals surface area contributed by atoms with Gasteiger partial charge in [0, 0.05) is 31.0 Å². The molecule has 8 nitrogen and oxygen atoms in total. The summed E-state index contributed by atoms with van der Waals surface area (Å²) in [5, 5.41) is 3.21. The Labute approximate surface area is 175 Å². The Morgan fingerprint density at radius 1 is 1.38 bits per heavy atom. The van der Waals surface area contributed by atoms with Crippen LogP contribution >= 0.6 is 11.6 Å². The van der Waals surface area contributed by atoms with Crippen molar-refractivity contribution in [2.45, 2.75) is 37.8 Å². The lowest BCUT2D eigenvalue weighted by atomic mass is 9.98. The zero-order valence-corrected chi connectivity index (χ0v) is 18.2. The topological polar surface area (TPSA) is 93.5 Å². The fourth-order valence-electron chi connectivity index (χ4n) is 3.23. The molecule has 1 aliphatic rings. The molecule has 29 heavy (non-hydrogen) atoms. The predicted molar refractivity (Wildman–Crippen MR) is 111 cm³/mol. The Balaban J connectivity index is 1.70. The number of ether oxygens (including phenoxy) is 1. The molecule has 2 heterocycles. The summed E-state index contributed by atoms with van der Waals surface area (Å²) in [6, 6.07) is 5.08. The molecule has 10 heteroatoms. The third-order valence-corrected chi connectivity index (χ3v) is 7.00. The summed E-state index contributed by atoms with van der Waals surface area (Å²) in [6.07, 6.45) is 4.26. The zero-order valence-electron chi connectivity index (χ0n) is 16.6. The number of anilines is 1. The normalized spacial score (nSPS) is 18.0. The number of sulfonamides is 1. The van der Waals surface area contributed by atoms with Gasteiger partial charge in [-0.2, -0.15) is 4.31 Å². The number of aromatic nitrogens is 2. The summed E-state index contributed by atoms with van der Waals surface area (Å²) in [6.45, 7) is 4.39. The summed E-state index contributed by atoms with van der Waals surface area (Å²) in [4.78, 5) is 16.8. The predicted octanol–water partition coefficient (Wildman–Crippen LogP) is 3.17. The van der Waals surface area contributed by atoms with E-state index in [1.54, 1.807) is 22.8 Å². The average molecular weight is 441 g/mol. The fourth-order valence-corrected chi connectivity index (χ4v) is 4.93. The van der Waals surface area contributed by atoms with Crippen molar-refractivity contribution in [2.75, 3.05) is 25.5 Å². The van der Waals surface area contributed by atoms with Crippen molar-refractivity contribution in [2.24, 2.45) is 5.92 Å². The van der Waals surface area contributed by atoms with Crippen molar-refractivity contribution >= 4 is 33.2 Å². The van der Waals surface area contributed by atoms with Crippen LogP contribution in [0.15, 0.2) is 35.7 Å². The van der Waals surface area contributed by atoms with Crippen LogP contribution in [0.25, 0.3) is 0 Å². The van der Waals surface area contributed by atoms with Gasteiger partial charge in [0.25, 0.3) is 10.0 Å². The molecule has 1 fully saturated rings. The van der Waals surface area contributed by atoms with Crippen molar-refractivity contribution in [3.05, 3.63) is 35.7 Å². The second-order valence-electron chi connectivity index (χ2n) is 7.29. The van der Waals surface area contributed by atoms with Gasteiger partial charge in [-0.05, 0) is 44.9 Å². The Bertz CT molecular complexity index is 990. The van der Waals surface area contributed by atoms with E-state index in [0.717, 1.165) is 0 Å². The quantitative estimate of drug-likeness (QED) is 0.744. The smallest absolute Gasteiger partial charge is 0.262 e. The van der Waals surface area contributed by atoms with Gasteiger partial charge in [-0.15, -0.1) is 0 Å². The third kappa shape index (κ3) is 4.73. The summed E-state index contributed by atoms with van der Waals surface area (Å²) in [5.41, 5.74) is 0.538. The van der Waals surface area contributed by atoms with E-state index in [9.17, 15) is 13.2 Å². The lowest BCUT2D eigenvalue weighted by molar-refractivity contribution is -0.120. The molecule has 1 atom stereocenters. The minimum absolute atomic E-state index is 0.00851. The largest absolute Gasteiger partial charge is 0.495 e. The molecule has 1 saturated heterocycles. The van der Waals surface area contributed by atoms with E-state index in [-0.39, 0.29) is 23.5 Å². The highest BCUT2D eigenvalue weighted by molar-refractivity contribution is 7.89. The van der Waals surface area contributed by atoms with E-state index < -0.39 is 15.9 Å². The molecule has 0 aliphatic carbocycles. The van der Waals surface area contributed by atoms with Gasteiger partial charge in [0.1, 0.15) is 5.75 Å². The van der Waals surface area contributed by atoms with Gasteiger partial charge in [0.2, 0.25) is 5.91 Å². The van der Waals surface area contributed by atoms with Crippen molar-refractivity contribution < 1.29 is 17.9 Å². The zero-order chi connectivity index (χ0) is 21.2. The van der Waals surface area contributed by atoms with Crippen molar-refractivity contribution in [3.63, 3.8) is 0 Å². The Morgan fingerprint density at radius 2 is 2.14 bits per heavy atom. The molecule has 0 bridgehead atoms. The first-order valence-corrected chi connectivity index (χ1v) is 11.2. The molecule has 1 N–H and O–H groups in total. The maximum absolute atomic E-state index is 13.0. The van der Waals surface area contributed by atoms with E-state index in [1.165, 1.54) is 23.9 Å². The lowest BCUT2D eigenvalue weighted by Crippen LogP contribution is -2.43. The van der Waals surface area contributed by atoms with Crippen LogP contribution in [0.3, 0.4) is 0 Å². The van der Waals surface area contributed by atoms with E-state index >= 15 is 0 Å². The Hall–Kier alpha value is -2.10. The number of nitrogens with zero attached hydrogens (tertiary/aromatic N) is 3. The van der Waals surface area contributed by atoms with Crippen LogP contribution in [-0.4, -0.2) is 48.4 Å². The SMILES string of the molecule is COc1ccc(NC(=O)[C@@H]2CCCN(S(=O)(=O)c3cn(C(C)C)cn3)C2)cc1Cl. The lowest BCUT2D eigenvalue weighted by Gasteiger charge is -2.30. The minimum Gasteiger partial charge on any atom is -0.495 e. The number of imidazole rings is 1. The van der Waals surface area contributed by atoms with Gasteiger partial charge in [0.05, 0.1) is 24.4 Å². The second kappa shape index (κ2) is 8.73. The molecule has 0 spiro atoms. The van der Waals surface area contributed by atoms with Gasteiger partial charge in [0.15, 0.2) is 5.03 Å². The molecule has 2 aromatic rings. The average Bonchev–Trinajstić information content (AvgIpc) is 3.20. The first-order valence-electron chi connectivity index (χ1n) is 9.40. The van der Waals surface area contributed by atoms with Crippen molar-refractivity contribution in [1.29, 1.82) is 0 Å². The molecule has 1 aliphatic heterocycles. The van der Waals surface area contributed by atoms with Crippen LogP contribution in [0.2, 0.25) is 5.02 Å². The number of benzene rings is 1. The number of amides is 1. The summed E-state index contributed by atoms with van der Waals surface area (Å²) >= 11 is 6.10. The number of halogens is 1. The number of carbonyl (C=O) groups excluding carboxylic acids is 1. The van der Waals surface area contributed by atoms with E-state index in [1.807, 2.05) is 13.8 Å². The first kappa shape index (κ1) is 21.6. The molecular formula is C19H25ClN4O4S. The van der Waals surface area contributed by atoms with Crippen LogP contribution in [0.4, 0.5) is 5.69 Å². The van der Waals surface area contributed by atoms with Crippen LogP contribution in [0.1, 0.15) is 32.7 Å². The van der Waals surface area contributed by atoms with Gasteiger partial charge in [-0.1, -0.05) is 11.6 Å². The third-order valence-electron chi connectivity index (χ3n) is 4.95. The number of methoxy groups -OCH3 is 1. The molecule has 0 saturated carbocycles. The molecule has 0 radical (unpaired) electrons. The number of rotatable bonds is 6. The van der Waals surface area contributed by atoms with Gasteiger partial charge < -0.3 is 14.6 Å². The summed E-state index contributed by atoms with van der Waals surface area (Å²) in [7, 11) is -2.23. The number of nitrogens with one attached hydrogen (secondary N) is 1. The van der Waals surface area contributed by atoms with Crippen LogP contribution in [0.5, 0.6) is 5.75 Å². The Kier molecular flexibility index (Phi) is 6.50. The highest BCUT2D eigenvalue weighted by atomic mass is 35.5. The van der Waals surface area contributed by atoms with Gasteiger partial charge in [-0.3, -0.25) is 4.79 Å². The molecule has 1 aromatic carbocycles. The van der Waals surface area contributed by atoms with Crippen LogP contribution < -0.4 is 10.1 Å².